The molecule has 0 saturated carbocycles. The molecule has 0 aromatic carbocycles. The van der Waals surface area contributed by atoms with E-state index in [-0.39, 0.29) is 5.91 Å². The van der Waals surface area contributed by atoms with Crippen LogP contribution in [0.3, 0.4) is 0 Å². The molecular weight excluding hydrogens is 220 g/mol. The van der Waals surface area contributed by atoms with Crippen molar-refractivity contribution in [2.24, 2.45) is 7.05 Å². The van der Waals surface area contributed by atoms with Gasteiger partial charge in [-0.05, 0) is 20.8 Å². The average Bonchev–Trinajstić information content (AvgIpc) is 2.39. The highest BCUT2D eigenvalue weighted by molar-refractivity contribution is 5.98. The van der Waals surface area contributed by atoms with Gasteiger partial charge in [0.05, 0.1) is 23.5 Å². The van der Waals surface area contributed by atoms with Gasteiger partial charge in [0.25, 0.3) is 5.91 Å². The number of nitrogens with one attached hydrogen (secondary N) is 1. The Kier molecular flexibility index (Phi) is 3.77. The van der Waals surface area contributed by atoms with Crippen molar-refractivity contribution >= 4 is 11.6 Å². The number of aryl methyl sites for hydroxylation is 2. The van der Waals surface area contributed by atoms with E-state index < -0.39 is 5.54 Å². The van der Waals surface area contributed by atoms with E-state index in [1.165, 1.54) is 4.68 Å². The number of nitrogens with zero attached hydrogens (tertiary/aromatic N) is 2. The maximum atomic E-state index is 12.1. The summed E-state index contributed by atoms with van der Waals surface area (Å²) >= 11 is 0. The number of nitrogens with two attached hydrogens (primary N) is 1. The van der Waals surface area contributed by atoms with Crippen LogP contribution in [-0.4, -0.2) is 34.9 Å². The molecule has 0 bridgehead atoms. The minimum atomic E-state index is -0.448. The fraction of sp³-hybridized carbons (Fsp3) is 0.636. The smallest absolute Gasteiger partial charge is 0.272 e. The van der Waals surface area contributed by atoms with E-state index in [2.05, 4.69) is 10.4 Å². The van der Waals surface area contributed by atoms with E-state index >= 15 is 0 Å². The summed E-state index contributed by atoms with van der Waals surface area (Å²) in [5, 5.41) is 6.97. The Morgan fingerprint density at radius 3 is 2.59 bits per heavy atom. The van der Waals surface area contributed by atoms with E-state index in [1.807, 2.05) is 13.8 Å². The maximum Gasteiger partial charge on any atom is 0.272 e. The van der Waals surface area contributed by atoms with E-state index in [9.17, 15) is 4.79 Å². The number of carbonyl (C=O) groups is 1. The molecule has 1 heterocycles. The molecule has 0 atom stereocenters. The quantitative estimate of drug-likeness (QED) is 0.801. The molecule has 0 aliphatic carbocycles. The van der Waals surface area contributed by atoms with Crippen molar-refractivity contribution in [3.05, 3.63) is 11.4 Å². The van der Waals surface area contributed by atoms with Crippen LogP contribution in [0.5, 0.6) is 0 Å². The van der Waals surface area contributed by atoms with Crippen molar-refractivity contribution in [1.82, 2.24) is 15.1 Å². The van der Waals surface area contributed by atoms with Crippen molar-refractivity contribution in [2.45, 2.75) is 26.3 Å². The van der Waals surface area contributed by atoms with Crippen LogP contribution < -0.4 is 11.1 Å². The van der Waals surface area contributed by atoms with Crippen LogP contribution in [0, 0.1) is 6.92 Å². The molecule has 0 fully saturated rings. The molecule has 0 aliphatic rings. The number of aromatic nitrogens is 2. The number of ether oxygens (including phenoxy) is 1. The van der Waals surface area contributed by atoms with Gasteiger partial charge in [-0.15, -0.1) is 0 Å². The first-order valence-electron chi connectivity index (χ1n) is 5.39. The van der Waals surface area contributed by atoms with Gasteiger partial charge >= 0.3 is 0 Å². The summed E-state index contributed by atoms with van der Waals surface area (Å²) in [6.45, 7) is 5.96. The Hall–Kier alpha value is -1.56. The number of anilines is 1. The van der Waals surface area contributed by atoms with E-state index in [0.717, 1.165) is 0 Å². The molecule has 1 amide bonds. The Morgan fingerprint density at radius 2 is 2.18 bits per heavy atom. The normalized spacial score (nSPS) is 11.6. The summed E-state index contributed by atoms with van der Waals surface area (Å²) in [7, 11) is 3.29. The summed E-state index contributed by atoms with van der Waals surface area (Å²) in [4.78, 5) is 12.1. The second-order valence-electron chi connectivity index (χ2n) is 4.74. The first-order chi connectivity index (χ1) is 7.78. The summed E-state index contributed by atoms with van der Waals surface area (Å²) < 4.78 is 6.53. The fourth-order valence-electron chi connectivity index (χ4n) is 1.71. The van der Waals surface area contributed by atoms with Crippen LogP contribution in [0.4, 0.5) is 5.69 Å². The zero-order valence-corrected chi connectivity index (χ0v) is 11.0. The number of amides is 1. The van der Waals surface area contributed by atoms with Gasteiger partial charge in [0, 0.05) is 14.2 Å². The molecule has 96 valence electrons. The fourth-order valence-corrected chi connectivity index (χ4v) is 1.71. The highest BCUT2D eigenvalue weighted by Gasteiger charge is 2.25. The number of methoxy groups -OCH3 is 1. The number of nitrogen functional groups attached to an aromatic ring is 1. The lowest BCUT2D eigenvalue weighted by Gasteiger charge is -2.25. The average molecular weight is 240 g/mol. The van der Waals surface area contributed by atoms with Crippen molar-refractivity contribution in [3.63, 3.8) is 0 Å². The van der Waals surface area contributed by atoms with E-state index in [4.69, 9.17) is 10.5 Å². The molecule has 0 saturated heterocycles. The number of hydrogen-bond acceptors (Lipinski definition) is 4. The molecule has 0 aliphatic heterocycles. The summed E-state index contributed by atoms with van der Waals surface area (Å²) in [6.07, 6.45) is 0. The van der Waals surface area contributed by atoms with Gasteiger partial charge in [-0.25, -0.2) is 0 Å². The van der Waals surface area contributed by atoms with Gasteiger partial charge in [-0.1, -0.05) is 0 Å². The van der Waals surface area contributed by atoms with Crippen molar-refractivity contribution in [1.29, 1.82) is 0 Å². The zero-order chi connectivity index (χ0) is 13.2. The first-order valence-corrected chi connectivity index (χ1v) is 5.39. The number of carbonyl (C=O) groups excluding carboxylic acids is 1. The van der Waals surface area contributed by atoms with Crippen molar-refractivity contribution < 1.29 is 9.53 Å². The molecule has 0 unspecified atom stereocenters. The Labute approximate surface area is 101 Å². The zero-order valence-electron chi connectivity index (χ0n) is 11.0. The summed E-state index contributed by atoms with van der Waals surface area (Å²) in [5.74, 6) is -0.243. The summed E-state index contributed by atoms with van der Waals surface area (Å²) in [6, 6.07) is 0. The highest BCUT2D eigenvalue weighted by Crippen LogP contribution is 2.16. The third-order valence-electron chi connectivity index (χ3n) is 2.44. The molecular formula is C11H20N4O2. The van der Waals surface area contributed by atoms with Gasteiger partial charge < -0.3 is 15.8 Å². The minimum Gasteiger partial charge on any atom is -0.395 e. The lowest BCUT2D eigenvalue weighted by Crippen LogP contribution is -2.47. The van der Waals surface area contributed by atoms with Gasteiger partial charge in [0.2, 0.25) is 0 Å². The molecule has 6 heteroatoms. The van der Waals surface area contributed by atoms with Crippen LogP contribution >= 0.6 is 0 Å². The standard InChI is InChI=1S/C11H20N4O2/c1-7-8(12)9(15(4)14-7)10(16)13-11(2,3)6-17-5/h6,12H2,1-5H3,(H,13,16). The lowest BCUT2D eigenvalue weighted by atomic mass is 10.1. The molecule has 1 rings (SSSR count). The molecule has 0 spiro atoms. The molecule has 6 nitrogen and oxygen atoms in total. The van der Waals surface area contributed by atoms with Gasteiger partial charge in [0.1, 0.15) is 5.69 Å². The van der Waals surface area contributed by atoms with E-state index in [1.54, 1.807) is 21.1 Å². The largest absolute Gasteiger partial charge is 0.395 e. The van der Waals surface area contributed by atoms with Crippen LogP contribution in [-0.2, 0) is 11.8 Å². The summed E-state index contributed by atoms with van der Waals surface area (Å²) in [5.41, 5.74) is 6.82. The molecule has 1 aromatic rings. The van der Waals surface area contributed by atoms with Gasteiger partial charge in [-0.2, -0.15) is 5.10 Å². The predicted octanol–water partition coefficient (Wildman–Crippen LogP) is 0.466. The second kappa shape index (κ2) is 4.75. The van der Waals surface area contributed by atoms with Crippen LogP contribution in [0.1, 0.15) is 30.0 Å². The van der Waals surface area contributed by atoms with E-state index in [0.29, 0.717) is 23.7 Å². The third-order valence-corrected chi connectivity index (χ3v) is 2.44. The number of hydrogen-bond donors (Lipinski definition) is 2. The van der Waals surface area contributed by atoms with Gasteiger partial charge in [0.15, 0.2) is 0 Å². The molecule has 17 heavy (non-hydrogen) atoms. The van der Waals surface area contributed by atoms with Gasteiger partial charge in [-0.3, -0.25) is 9.48 Å². The van der Waals surface area contributed by atoms with Crippen LogP contribution in [0.25, 0.3) is 0 Å². The Balaban J connectivity index is 2.91. The molecule has 3 N–H and O–H groups in total. The Bertz CT molecular complexity index is 423. The number of rotatable bonds is 4. The predicted molar refractivity (Wildman–Crippen MR) is 65.8 cm³/mol. The topological polar surface area (TPSA) is 82.2 Å². The monoisotopic (exact) mass is 240 g/mol. The first kappa shape index (κ1) is 13.5. The van der Waals surface area contributed by atoms with Crippen molar-refractivity contribution in [2.75, 3.05) is 19.5 Å². The molecule has 1 aromatic heterocycles. The Morgan fingerprint density at radius 1 is 1.59 bits per heavy atom. The lowest BCUT2D eigenvalue weighted by molar-refractivity contribution is 0.0812. The second-order valence-corrected chi connectivity index (χ2v) is 4.74. The minimum absolute atomic E-state index is 0.243. The SMILES string of the molecule is COCC(C)(C)NC(=O)c1c(N)c(C)nn1C. The van der Waals surface area contributed by atoms with Crippen LogP contribution in [0.2, 0.25) is 0 Å². The maximum absolute atomic E-state index is 12.1. The van der Waals surface area contributed by atoms with Crippen LogP contribution in [0.15, 0.2) is 0 Å². The molecule has 0 radical (unpaired) electrons. The highest BCUT2D eigenvalue weighted by atomic mass is 16.5. The van der Waals surface area contributed by atoms with Crippen molar-refractivity contribution in [3.8, 4) is 0 Å². The third kappa shape index (κ3) is 2.97.